The van der Waals surface area contributed by atoms with Crippen molar-refractivity contribution in [2.75, 3.05) is 5.32 Å². The number of benzene rings is 1. The summed E-state index contributed by atoms with van der Waals surface area (Å²) < 4.78 is 93.5. The summed E-state index contributed by atoms with van der Waals surface area (Å²) >= 11 is 0. The predicted octanol–water partition coefficient (Wildman–Crippen LogP) is 5.58. The van der Waals surface area contributed by atoms with Crippen molar-refractivity contribution in [3.8, 4) is 5.75 Å². The number of nitrogens with one attached hydrogen (secondary N) is 2. The van der Waals surface area contributed by atoms with Gasteiger partial charge in [-0.15, -0.1) is 4.40 Å². The van der Waals surface area contributed by atoms with E-state index in [0.717, 1.165) is 6.07 Å². The molecule has 5 N–H and O–H groups in total. The zero-order chi connectivity index (χ0) is 28.5. The molecule has 0 saturated heterocycles. The number of fused-ring (bicyclic) bond motifs is 4. The van der Waals surface area contributed by atoms with Crippen molar-refractivity contribution in [3.05, 3.63) is 52.2 Å². The van der Waals surface area contributed by atoms with Crippen LogP contribution in [0, 0.1) is 5.92 Å². The summed E-state index contributed by atoms with van der Waals surface area (Å²) in [5.74, 6) is -7.85. The van der Waals surface area contributed by atoms with Crippen LogP contribution >= 0.6 is 10.8 Å². The Morgan fingerprint density at radius 3 is 2.51 bits per heavy atom. The first-order valence-electron chi connectivity index (χ1n) is 11.5. The van der Waals surface area contributed by atoms with Gasteiger partial charge in [0, 0.05) is 12.7 Å². The third-order valence-corrected chi connectivity index (χ3v) is 7.57. The molecule has 0 amide bonds. The van der Waals surface area contributed by atoms with Crippen molar-refractivity contribution in [2.24, 2.45) is 10.3 Å². The molecule has 16 heteroatoms. The molecule has 10 nitrogen and oxygen atoms in total. The topological polar surface area (TPSA) is 149 Å². The first kappa shape index (κ1) is 26.8. The third kappa shape index (κ3) is 4.28. The highest BCUT2D eigenvalue weighted by Crippen LogP contribution is 2.58. The van der Waals surface area contributed by atoms with Crippen LogP contribution in [0.15, 0.2) is 44.6 Å². The number of alkyl halides is 5. The predicted molar refractivity (Wildman–Crippen MR) is 134 cm³/mol. The lowest BCUT2D eigenvalue weighted by Crippen LogP contribution is -2.34. The lowest BCUT2D eigenvalue weighted by Gasteiger charge is -2.34. The second-order valence-corrected chi connectivity index (χ2v) is 10.9. The molecule has 1 aromatic carbocycles. The number of amidine groups is 1. The van der Waals surface area contributed by atoms with E-state index in [1.807, 2.05) is 18.8 Å². The molecule has 4 aromatic rings. The van der Waals surface area contributed by atoms with Crippen LogP contribution in [-0.4, -0.2) is 45.7 Å². The Labute approximate surface area is 217 Å². The first-order chi connectivity index (χ1) is 18.1. The molecule has 0 radical (unpaired) electrons. The normalized spacial score (nSPS) is 16.3. The molecule has 0 atom stereocenters. The number of aromatic nitrogens is 4. The highest BCUT2D eigenvalue weighted by atomic mass is 32.3. The summed E-state index contributed by atoms with van der Waals surface area (Å²) in [6, 6.07) is 5.32. The summed E-state index contributed by atoms with van der Waals surface area (Å²) in [6.07, 6.45) is -3.93. The van der Waals surface area contributed by atoms with Crippen molar-refractivity contribution >= 4 is 44.4 Å². The van der Waals surface area contributed by atoms with Gasteiger partial charge in [0.2, 0.25) is 0 Å². The number of anilines is 1. The summed E-state index contributed by atoms with van der Waals surface area (Å²) in [5, 5.41) is 13.9. The molecular formula is C23H21F5N6O4S. The van der Waals surface area contributed by atoms with Gasteiger partial charge in [-0.3, -0.25) is 18.5 Å². The SMILES string of the molecule is CC(C)CCn1c(=O)c(C2=NS(O)(O)c3c(ccc4[nH]c(C(F)(F)C(F)(F)F)nc34)N2)c(O)c2cccnc21. The maximum Gasteiger partial charge on any atom is 0.461 e. The number of rotatable bonds is 5. The number of aromatic hydroxyl groups is 1. The van der Waals surface area contributed by atoms with E-state index >= 15 is 0 Å². The van der Waals surface area contributed by atoms with E-state index in [2.05, 4.69) is 19.7 Å². The van der Waals surface area contributed by atoms with Gasteiger partial charge >= 0.3 is 12.1 Å². The Morgan fingerprint density at radius 1 is 1.13 bits per heavy atom. The zero-order valence-corrected chi connectivity index (χ0v) is 21.0. The number of imidazole rings is 1. The average Bonchev–Trinajstić information content (AvgIpc) is 3.27. The average molecular weight is 573 g/mol. The van der Waals surface area contributed by atoms with Gasteiger partial charge in [-0.1, -0.05) is 24.6 Å². The van der Waals surface area contributed by atoms with Gasteiger partial charge < -0.3 is 15.4 Å². The number of halogens is 5. The van der Waals surface area contributed by atoms with Crippen LogP contribution in [0.5, 0.6) is 5.75 Å². The molecule has 208 valence electrons. The van der Waals surface area contributed by atoms with E-state index in [1.165, 1.54) is 29.0 Å². The summed E-state index contributed by atoms with van der Waals surface area (Å²) in [6.45, 7) is 4.13. The van der Waals surface area contributed by atoms with Gasteiger partial charge in [-0.05, 0) is 36.6 Å². The Bertz CT molecular complexity index is 1710. The van der Waals surface area contributed by atoms with Crippen LogP contribution in [0.2, 0.25) is 0 Å². The molecule has 5 rings (SSSR count). The molecule has 0 spiro atoms. The van der Waals surface area contributed by atoms with Crippen molar-refractivity contribution in [1.82, 2.24) is 19.5 Å². The smallest absolute Gasteiger partial charge is 0.461 e. The van der Waals surface area contributed by atoms with E-state index < -0.39 is 61.8 Å². The van der Waals surface area contributed by atoms with Crippen LogP contribution in [-0.2, 0) is 12.5 Å². The molecule has 0 unspecified atom stereocenters. The van der Waals surface area contributed by atoms with E-state index in [9.17, 15) is 41.0 Å². The van der Waals surface area contributed by atoms with Crippen LogP contribution in [0.3, 0.4) is 0 Å². The van der Waals surface area contributed by atoms with Gasteiger partial charge in [-0.25, -0.2) is 9.97 Å². The second-order valence-electron chi connectivity index (χ2n) is 9.32. The van der Waals surface area contributed by atoms with E-state index in [0.29, 0.717) is 6.42 Å². The molecule has 0 bridgehead atoms. The molecule has 39 heavy (non-hydrogen) atoms. The lowest BCUT2D eigenvalue weighted by molar-refractivity contribution is -0.292. The number of H-pyrrole nitrogens is 1. The van der Waals surface area contributed by atoms with Gasteiger partial charge in [0.05, 0.1) is 16.6 Å². The monoisotopic (exact) mass is 572 g/mol. The van der Waals surface area contributed by atoms with Gasteiger partial charge in [0.1, 0.15) is 27.4 Å². The minimum atomic E-state index is -5.95. The molecular weight excluding hydrogens is 551 g/mol. The Morgan fingerprint density at radius 2 is 1.85 bits per heavy atom. The van der Waals surface area contributed by atoms with Gasteiger partial charge in [0.25, 0.3) is 5.56 Å². The molecule has 3 aromatic heterocycles. The number of hydrogen-bond acceptors (Lipinski definition) is 8. The summed E-state index contributed by atoms with van der Waals surface area (Å²) in [4.78, 5) is 22.4. The maximum absolute atomic E-state index is 13.9. The van der Waals surface area contributed by atoms with Crippen molar-refractivity contribution < 1.29 is 36.2 Å². The molecule has 0 saturated carbocycles. The fourth-order valence-corrected chi connectivity index (χ4v) is 5.52. The van der Waals surface area contributed by atoms with E-state index in [1.54, 1.807) is 0 Å². The zero-order valence-electron chi connectivity index (χ0n) is 20.2. The fraction of sp³-hybridized carbons (Fsp3) is 0.304. The number of aryl methyl sites for hydroxylation is 1. The minimum Gasteiger partial charge on any atom is -0.506 e. The molecule has 1 aliphatic heterocycles. The number of aromatic amines is 1. The highest BCUT2D eigenvalue weighted by Gasteiger charge is 2.61. The molecule has 4 heterocycles. The first-order valence-corrected chi connectivity index (χ1v) is 13.0. The Hall–Kier alpha value is -3.76. The summed E-state index contributed by atoms with van der Waals surface area (Å²) in [7, 11) is -4.32. The van der Waals surface area contributed by atoms with E-state index in [-0.39, 0.29) is 34.7 Å². The van der Waals surface area contributed by atoms with Crippen LogP contribution in [0.25, 0.3) is 22.1 Å². The number of hydrogen-bond donors (Lipinski definition) is 5. The highest BCUT2D eigenvalue weighted by molar-refractivity contribution is 8.23. The lowest BCUT2D eigenvalue weighted by atomic mass is 10.1. The quantitative estimate of drug-likeness (QED) is 0.196. The maximum atomic E-state index is 13.9. The molecule has 0 aliphatic carbocycles. The van der Waals surface area contributed by atoms with Crippen molar-refractivity contribution in [3.63, 3.8) is 0 Å². The van der Waals surface area contributed by atoms with E-state index in [4.69, 9.17) is 0 Å². The largest absolute Gasteiger partial charge is 0.506 e. The van der Waals surface area contributed by atoms with Crippen LogP contribution in [0.4, 0.5) is 27.6 Å². The third-order valence-electron chi connectivity index (χ3n) is 6.17. The van der Waals surface area contributed by atoms with Gasteiger partial charge in [0.15, 0.2) is 11.7 Å². The molecule has 1 aliphatic rings. The fourth-order valence-electron chi connectivity index (χ4n) is 4.21. The van der Waals surface area contributed by atoms with Crippen molar-refractivity contribution in [1.29, 1.82) is 0 Å². The van der Waals surface area contributed by atoms with Gasteiger partial charge in [-0.2, -0.15) is 22.0 Å². The minimum absolute atomic E-state index is 0.167. The second kappa shape index (κ2) is 8.89. The Kier molecular flexibility index (Phi) is 6.12. The standard InChI is InChI=1S/C23H21F5N6O4S/c1-10(2)7-9-34-19-11(4-3-8-29-19)16(35)14(20(34)36)18-30-13-6-5-12-15(17(13)39(37,38)33-18)32-21(31-12)22(24,25)23(26,27)28/h3-6,8,10,35,37-38H,7,9H2,1-2H3,(H,30,33)(H,31,32). The number of nitrogens with zero attached hydrogens (tertiary/aromatic N) is 4. The number of pyridine rings is 2. The molecule has 0 fully saturated rings. The summed E-state index contributed by atoms with van der Waals surface area (Å²) in [5.41, 5.74) is -2.02. The Balaban J connectivity index is 1.69. The van der Waals surface area contributed by atoms with Crippen LogP contribution in [0.1, 0.15) is 31.7 Å². The van der Waals surface area contributed by atoms with Crippen LogP contribution < -0.4 is 10.9 Å². The van der Waals surface area contributed by atoms with Crippen molar-refractivity contribution in [2.45, 2.75) is 43.8 Å².